The number of aliphatic hydroxyl groups excluding tert-OH is 1. The lowest BCUT2D eigenvalue weighted by molar-refractivity contribution is -0.130. The number of hydrogen-bond acceptors (Lipinski definition) is 3. The molecule has 0 aliphatic carbocycles. The van der Waals surface area contributed by atoms with Crippen molar-refractivity contribution in [3.05, 3.63) is 46.7 Å². The molecule has 0 radical (unpaired) electrons. The van der Waals surface area contributed by atoms with Gasteiger partial charge in [-0.1, -0.05) is 62.9 Å². The number of Topliss-reactive ketones (excluding diaryl/α,β-unsaturated/α-hetero) is 1. The van der Waals surface area contributed by atoms with Gasteiger partial charge in [-0.25, -0.2) is 0 Å². The van der Waals surface area contributed by atoms with Gasteiger partial charge in [0.25, 0.3) is 5.91 Å². The van der Waals surface area contributed by atoms with Gasteiger partial charge in [-0.15, -0.1) is 0 Å². The first-order valence-corrected chi connectivity index (χ1v) is 9.22. The zero-order valence-corrected chi connectivity index (χ0v) is 15.7. The molecule has 1 aromatic rings. The van der Waals surface area contributed by atoms with Gasteiger partial charge in [-0.3, -0.25) is 9.59 Å². The summed E-state index contributed by atoms with van der Waals surface area (Å²) in [5, 5.41) is 10.3. The number of aliphatic hydroxyl groups is 1. The number of nitrogens with zero attached hydrogens (tertiary/aromatic N) is 1. The maximum atomic E-state index is 12.7. The molecule has 0 unspecified atom stereocenters. The zero-order chi connectivity index (χ0) is 18.6. The number of aryl methyl sites for hydroxylation is 1. The summed E-state index contributed by atoms with van der Waals surface area (Å²) in [6.07, 6.45) is 4.26. The first kappa shape index (κ1) is 19.2. The van der Waals surface area contributed by atoms with Crippen LogP contribution in [0, 0.1) is 12.8 Å². The van der Waals surface area contributed by atoms with Gasteiger partial charge in [0.1, 0.15) is 0 Å². The van der Waals surface area contributed by atoms with Crippen LogP contribution in [-0.2, 0) is 9.59 Å². The molecule has 0 aromatic heterocycles. The lowest BCUT2D eigenvalue weighted by Crippen LogP contribution is -2.35. The predicted octanol–water partition coefficient (Wildman–Crippen LogP) is 4.50. The van der Waals surface area contributed by atoms with Crippen molar-refractivity contribution in [2.75, 3.05) is 6.54 Å². The summed E-state index contributed by atoms with van der Waals surface area (Å²) in [5.41, 5.74) is 2.21. The Morgan fingerprint density at radius 1 is 1.24 bits per heavy atom. The molecule has 0 saturated heterocycles. The van der Waals surface area contributed by atoms with Gasteiger partial charge in [0.05, 0.1) is 11.6 Å². The molecule has 0 fully saturated rings. The highest BCUT2D eigenvalue weighted by atomic mass is 16.3. The fraction of sp³-hybridized carbons (Fsp3) is 0.524. The van der Waals surface area contributed by atoms with Crippen LogP contribution in [0.4, 0.5) is 0 Å². The van der Waals surface area contributed by atoms with Crippen LogP contribution in [0.3, 0.4) is 0 Å². The second kappa shape index (κ2) is 8.32. The van der Waals surface area contributed by atoms with E-state index in [-0.39, 0.29) is 17.1 Å². The molecular weight excluding hydrogens is 314 g/mol. The Balaban J connectivity index is 2.37. The molecule has 4 nitrogen and oxygen atoms in total. The van der Waals surface area contributed by atoms with Crippen LogP contribution in [0.2, 0.25) is 0 Å². The Morgan fingerprint density at radius 3 is 2.40 bits per heavy atom. The highest BCUT2D eigenvalue weighted by Gasteiger charge is 2.42. The second-order valence-electron chi connectivity index (χ2n) is 7.01. The van der Waals surface area contributed by atoms with Crippen LogP contribution >= 0.6 is 0 Å². The molecule has 4 heteroatoms. The van der Waals surface area contributed by atoms with E-state index in [1.165, 1.54) is 6.92 Å². The molecule has 1 aliphatic rings. The Bertz CT molecular complexity index is 660. The van der Waals surface area contributed by atoms with E-state index in [1.807, 2.05) is 31.2 Å². The SMILES string of the molecule is CCCC[C@@H](CC)CN1C(=O)C(O)=C(C(C)=O)[C@@H]1c1ccc(C)cc1. The highest BCUT2D eigenvalue weighted by Crippen LogP contribution is 2.38. The molecule has 1 aliphatic heterocycles. The Hall–Kier alpha value is -2.10. The van der Waals surface area contributed by atoms with Crippen LogP contribution in [-0.4, -0.2) is 28.2 Å². The van der Waals surface area contributed by atoms with E-state index >= 15 is 0 Å². The van der Waals surface area contributed by atoms with Gasteiger partial charge in [0.15, 0.2) is 11.5 Å². The van der Waals surface area contributed by atoms with Gasteiger partial charge in [0, 0.05) is 6.54 Å². The molecule has 0 saturated carbocycles. The van der Waals surface area contributed by atoms with Gasteiger partial charge < -0.3 is 10.0 Å². The quantitative estimate of drug-likeness (QED) is 0.756. The monoisotopic (exact) mass is 343 g/mol. The normalized spacial score (nSPS) is 18.8. The number of carbonyl (C=O) groups excluding carboxylic acids is 2. The summed E-state index contributed by atoms with van der Waals surface area (Å²) in [7, 11) is 0. The predicted molar refractivity (Wildman–Crippen MR) is 99.3 cm³/mol. The summed E-state index contributed by atoms with van der Waals surface area (Å²) in [6, 6.07) is 7.34. The number of carbonyl (C=O) groups is 2. The first-order chi connectivity index (χ1) is 11.9. The van der Waals surface area contributed by atoms with Crippen molar-refractivity contribution in [3.63, 3.8) is 0 Å². The van der Waals surface area contributed by atoms with E-state index in [0.29, 0.717) is 12.5 Å². The summed E-state index contributed by atoms with van der Waals surface area (Å²) >= 11 is 0. The highest BCUT2D eigenvalue weighted by molar-refractivity contribution is 6.08. The number of hydrogen-bond donors (Lipinski definition) is 1. The Kier molecular flexibility index (Phi) is 6.40. The molecule has 1 N–H and O–H groups in total. The third kappa shape index (κ3) is 4.12. The third-order valence-corrected chi connectivity index (χ3v) is 5.07. The standard InChI is InChI=1S/C21H29NO3/c1-5-7-8-16(6-2)13-22-19(17-11-9-14(3)10-12-17)18(15(4)23)20(24)21(22)25/h9-12,16,19,24H,5-8,13H2,1-4H3/t16-,19+/m1/s1. The zero-order valence-electron chi connectivity index (χ0n) is 15.7. The number of amides is 1. The molecule has 1 aromatic carbocycles. The lowest BCUT2D eigenvalue weighted by Gasteiger charge is -2.30. The molecule has 0 spiro atoms. The molecule has 25 heavy (non-hydrogen) atoms. The average molecular weight is 343 g/mol. The van der Waals surface area contributed by atoms with Crippen molar-refractivity contribution in [2.45, 2.75) is 59.4 Å². The fourth-order valence-electron chi connectivity index (χ4n) is 3.49. The third-order valence-electron chi connectivity index (χ3n) is 5.07. The second-order valence-corrected chi connectivity index (χ2v) is 7.01. The molecule has 1 amide bonds. The van der Waals surface area contributed by atoms with E-state index in [1.54, 1.807) is 4.90 Å². The topological polar surface area (TPSA) is 57.6 Å². The molecular formula is C21H29NO3. The van der Waals surface area contributed by atoms with Gasteiger partial charge in [-0.05, 0) is 31.7 Å². The van der Waals surface area contributed by atoms with Crippen molar-refractivity contribution in [1.29, 1.82) is 0 Å². The maximum Gasteiger partial charge on any atom is 0.290 e. The fourth-order valence-corrected chi connectivity index (χ4v) is 3.49. The van der Waals surface area contributed by atoms with Crippen molar-refractivity contribution < 1.29 is 14.7 Å². The molecule has 136 valence electrons. The Labute approximate surface area is 150 Å². The van der Waals surface area contributed by atoms with E-state index in [0.717, 1.165) is 36.8 Å². The summed E-state index contributed by atoms with van der Waals surface area (Å²) in [6.45, 7) is 8.26. The van der Waals surface area contributed by atoms with Crippen molar-refractivity contribution in [2.24, 2.45) is 5.92 Å². The minimum absolute atomic E-state index is 0.221. The van der Waals surface area contributed by atoms with E-state index < -0.39 is 11.9 Å². The summed E-state index contributed by atoms with van der Waals surface area (Å²) < 4.78 is 0. The minimum Gasteiger partial charge on any atom is -0.503 e. The Morgan fingerprint density at radius 2 is 1.88 bits per heavy atom. The molecule has 2 rings (SSSR count). The average Bonchev–Trinajstić information content (AvgIpc) is 2.84. The first-order valence-electron chi connectivity index (χ1n) is 9.22. The van der Waals surface area contributed by atoms with Crippen molar-refractivity contribution in [1.82, 2.24) is 4.90 Å². The summed E-state index contributed by atoms with van der Waals surface area (Å²) in [5.74, 6) is -0.689. The van der Waals surface area contributed by atoms with Gasteiger partial charge in [0.2, 0.25) is 0 Å². The van der Waals surface area contributed by atoms with Crippen molar-refractivity contribution in [3.8, 4) is 0 Å². The van der Waals surface area contributed by atoms with E-state index in [2.05, 4.69) is 13.8 Å². The number of ketones is 1. The van der Waals surface area contributed by atoms with Crippen LogP contribution < -0.4 is 0 Å². The van der Waals surface area contributed by atoms with Gasteiger partial charge in [-0.2, -0.15) is 0 Å². The molecule has 2 atom stereocenters. The van der Waals surface area contributed by atoms with Gasteiger partial charge >= 0.3 is 0 Å². The maximum absolute atomic E-state index is 12.7. The lowest BCUT2D eigenvalue weighted by atomic mass is 9.94. The van der Waals surface area contributed by atoms with E-state index in [4.69, 9.17) is 0 Å². The number of unbranched alkanes of at least 4 members (excludes halogenated alkanes) is 1. The van der Waals surface area contributed by atoms with Crippen LogP contribution in [0.25, 0.3) is 0 Å². The van der Waals surface area contributed by atoms with Crippen LogP contribution in [0.1, 0.15) is 63.6 Å². The van der Waals surface area contributed by atoms with E-state index in [9.17, 15) is 14.7 Å². The smallest absolute Gasteiger partial charge is 0.290 e. The number of rotatable bonds is 8. The van der Waals surface area contributed by atoms with Crippen molar-refractivity contribution >= 4 is 11.7 Å². The largest absolute Gasteiger partial charge is 0.503 e. The molecule has 1 heterocycles. The number of benzene rings is 1. The van der Waals surface area contributed by atoms with Crippen LogP contribution in [0.15, 0.2) is 35.6 Å². The van der Waals surface area contributed by atoms with Crippen LogP contribution in [0.5, 0.6) is 0 Å². The molecule has 0 bridgehead atoms. The summed E-state index contributed by atoms with van der Waals surface area (Å²) in [4.78, 5) is 26.5. The minimum atomic E-state index is -0.485.